The number of hydrogen-bond donors (Lipinski definition) is 0. The average Bonchev–Trinajstić information content (AvgIpc) is 2.19. The summed E-state index contributed by atoms with van der Waals surface area (Å²) in [5.41, 5.74) is 1.17. The first-order chi connectivity index (χ1) is 5.85. The molecule has 0 aliphatic heterocycles. The van der Waals surface area contributed by atoms with Crippen LogP contribution in [0.5, 0.6) is 0 Å². The van der Waals surface area contributed by atoms with Crippen LogP contribution in [0.4, 0.5) is 0 Å². The fourth-order valence-corrected chi connectivity index (χ4v) is 0.589. The Morgan fingerprint density at radius 3 is 1.85 bits per heavy atom. The fourth-order valence-electron chi connectivity index (χ4n) is 0.589. The Labute approximate surface area is 84.0 Å². The van der Waals surface area contributed by atoms with Crippen molar-refractivity contribution in [3.05, 3.63) is 55.1 Å². The van der Waals surface area contributed by atoms with Crippen LogP contribution in [-0.4, -0.2) is 11.0 Å². The lowest BCUT2D eigenvalue weighted by molar-refractivity contribution is 1.54. The maximum atomic E-state index is 7.51. The smallest absolute Gasteiger partial charge is 0.0905 e. The van der Waals surface area contributed by atoms with Crippen LogP contribution in [0.1, 0.15) is 5.56 Å². The molecule has 0 atom stereocenters. The highest BCUT2D eigenvalue weighted by Gasteiger charge is 1.75. The molecular formula is C11H15NSi. The summed E-state index contributed by atoms with van der Waals surface area (Å²) < 4.78 is 0. The summed E-state index contributed by atoms with van der Waals surface area (Å²) in [5, 5.41) is 7.51. The third-order valence-corrected chi connectivity index (χ3v) is 1.13. The third kappa shape index (κ3) is 8.31. The minimum atomic E-state index is 0. The molecule has 0 N–H and O–H groups in total. The van der Waals surface area contributed by atoms with Crippen LogP contribution in [-0.2, 0) is 0 Å². The summed E-state index contributed by atoms with van der Waals surface area (Å²) in [6.07, 6.45) is 3.01. The zero-order chi connectivity index (χ0) is 9.23. The molecule has 0 aliphatic rings. The number of hydrogen-bond acceptors (Lipinski definition) is 1. The highest BCUT2D eigenvalue weighted by Crippen LogP contribution is 1.97. The first-order valence-corrected chi connectivity index (χ1v) is 3.53. The molecule has 0 bridgehead atoms. The Balaban J connectivity index is 0. The summed E-state index contributed by atoms with van der Waals surface area (Å²) in [6, 6.07) is 11.7. The van der Waals surface area contributed by atoms with Gasteiger partial charge in [0.15, 0.2) is 0 Å². The summed E-state index contributed by atoms with van der Waals surface area (Å²) in [4.78, 5) is 0. The first kappa shape index (κ1) is 14.0. The topological polar surface area (TPSA) is 23.8 Å². The molecule has 1 aromatic carbocycles. The lowest BCUT2D eigenvalue weighted by Crippen LogP contribution is -1.63. The Morgan fingerprint density at radius 2 is 1.62 bits per heavy atom. The van der Waals surface area contributed by atoms with E-state index in [-0.39, 0.29) is 11.0 Å². The van der Waals surface area contributed by atoms with Crippen LogP contribution in [0.3, 0.4) is 0 Å². The predicted octanol–water partition coefficient (Wildman–Crippen LogP) is 1.57. The zero-order valence-electron chi connectivity index (χ0n) is 6.90. The molecule has 0 radical (unpaired) electrons. The molecule has 0 heterocycles. The lowest BCUT2D eigenvalue weighted by atomic mass is 10.2. The van der Waals surface area contributed by atoms with Gasteiger partial charge in [-0.2, -0.15) is 5.26 Å². The van der Waals surface area contributed by atoms with Crippen molar-refractivity contribution in [2.45, 2.75) is 0 Å². The molecular weight excluding hydrogens is 174 g/mol. The van der Waals surface area contributed by atoms with Crippen LogP contribution < -0.4 is 0 Å². The van der Waals surface area contributed by atoms with Gasteiger partial charge in [0.05, 0.1) is 6.07 Å². The van der Waals surface area contributed by atoms with Gasteiger partial charge < -0.3 is 0 Å². The normalized spacial score (nSPS) is 6.38. The van der Waals surface area contributed by atoms with E-state index in [1.165, 1.54) is 11.6 Å². The van der Waals surface area contributed by atoms with E-state index in [1.54, 1.807) is 6.07 Å². The molecule has 0 amide bonds. The van der Waals surface area contributed by atoms with Crippen LogP contribution in [0.2, 0.25) is 0 Å². The van der Waals surface area contributed by atoms with Gasteiger partial charge in [-0.3, -0.25) is 0 Å². The molecule has 0 saturated carbocycles. The van der Waals surface area contributed by atoms with Crippen molar-refractivity contribution in [2.24, 2.45) is 0 Å². The van der Waals surface area contributed by atoms with Gasteiger partial charge in [0, 0.05) is 6.08 Å². The number of benzene rings is 1. The SMILES string of the molecule is C=CC#N.C=Cc1ccccc1.[SiH4]. The van der Waals surface area contributed by atoms with E-state index in [1.807, 2.05) is 36.4 Å². The van der Waals surface area contributed by atoms with E-state index < -0.39 is 0 Å². The largest absolute Gasteiger partial charge is 0.193 e. The molecule has 0 spiro atoms. The molecule has 0 unspecified atom stereocenters. The van der Waals surface area contributed by atoms with E-state index in [9.17, 15) is 0 Å². The van der Waals surface area contributed by atoms with E-state index in [4.69, 9.17) is 5.26 Å². The number of nitriles is 1. The quantitative estimate of drug-likeness (QED) is 0.486. The summed E-state index contributed by atoms with van der Waals surface area (Å²) in [6.45, 7) is 6.75. The van der Waals surface area contributed by atoms with E-state index in [0.29, 0.717) is 0 Å². The summed E-state index contributed by atoms with van der Waals surface area (Å²) in [5.74, 6) is 0. The van der Waals surface area contributed by atoms with Crippen LogP contribution in [0.15, 0.2) is 49.6 Å². The zero-order valence-corrected chi connectivity index (χ0v) is 6.90. The highest BCUT2D eigenvalue weighted by molar-refractivity contribution is 5.75. The molecule has 0 aromatic heterocycles. The molecule has 1 nitrogen and oxygen atoms in total. The van der Waals surface area contributed by atoms with Crippen molar-refractivity contribution in [2.75, 3.05) is 0 Å². The Hall–Kier alpha value is -1.59. The van der Waals surface area contributed by atoms with Crippen molar-refractivity contribution in [3.63, 3.8) is 0 Å². The molecule has 0 fully saturated rings. The van der Waals surface area contributed by atoms with Crippen molar-refractivity contribution in [3.8, 4) is 6.07 Å². The highest BCUT2D eigenvalue weighted by atomic mass is 28.1. The van der Waals surface area contributed by atoms with Crippen LogP contribution in [0.25, 0.3) is 6.08 Å². The second-order valence-corrected chi connectivity index (χ2v) is 1.95. The molecule has 68 valence electrons. The van der Waals surface area contributed by atoms with E-state index in [0.717, 1.165) is 0 Å². The fraction of sp³-hybridized carbons (Fsp3) is 0. The lowest BCUT2D eigenvalue weighted by Gasteiger charge is -1.85. The molecule has 1 aromatic rings. The van der Waals surface area contributed by atoms with E-state index in [2.05, 4.69) is 13.2 Å². The summed E-state index contributed by atoms with van der Waals surface area (Å²) >= 11 is 0. The molecule has 1 rings (SSSR count). The second-order valence-electron chi connectivity index (χ2n) is 1.95. The minimum Gasteiger partial charge on any atom is -0.193 e. The van der Waals surface area contributed by atoms with E-state index >= 15 is 0 Å². The Bertz CT molecular complexity index is 272. The van der Waals surface area contributed by atoms with Crippen molar-refractivity contribution in [1.82, 2.24) is 0 Å². The second kappa shape index (κ2) is 10.4. The average molecular weight is 189 g/mol. The first-order valence-electron chi connectivity index (χ1n) is 3.53. The molecule has 13 heavy (non-hydrogen) atoms. The number of allylic oxidation sites excluding steroid dienone is 1. The van der Waals surface area contributed by atoms with Gasteiger partial charge in [-0.15, -0.1) is 0 Å². The van der Waals surface area contributed by atoms with Crippen molar-refractivity contribution in [1.29, 1.82) is 5.26 Å². The van der Waals surface area contributed by atoms with Crippen molar-refractivity contribution < 1.29 is 0 Å². The third-order valence-electron chi connectivity index (χ3n) is 1.13. The maximum absolute atomic E-state index is 7.51. The number of rotatable bonds is 1. The minimum absolute atomic E-state index is 0. The Kier molecular flexibility index (Phi) is 11.2. The predicted molar refractivity (Wildman–Crippen MR) is 63.7 cm³/mol. The molecule has 2 heteroatoms. The van der Waals surface area contributed by atoms with Gasteiger partial charge in [-0.05, 0) is 16.5 Å². The standard InChI is InChI=1S/C8H8.C3H3N.H4Si/c1-2-8-6-4-3-5-7-8;1-2-3-4;/h2-7H,1H2;2H,1H2;1H4. The van der Waals surface area contributed by atoms with Crippen LogP contribution in [0, 0.1) is 11.3 Å². The van der Waals surface area contributed by atoms with Gasteiger partial charge in [0.25, 0.3) is 0 Å². The monoisotopic (exact) mass is 189 g/mol. The van der Waals surface area contributed by atoms with Crippen molar-refractivity contribution >= 4 is 17.0 Å². The molecule has 0 saturated heterocycles. The molecule has 0 aliphatic carbocycles. The van der Waals surface area contributed by atoms with Gasteiger partial charge in [0.2, 0.25) is 0 Å². The van der Waals surface area contributed by atoms with Crippen LogP contribution >= 0.6 is 0 Å². The number of nitrogens with zero attached hydrogens (tertiary/aromatic N) is 1. The summed E-state index contributed by atoms with van der Waals surface area (Å²) in [7, 11) is 0. The van der Waals surface area contributed by atoms with Gasteiger partial charge in [0.1, 0.15) is 0 Å². The maximum Gasteiger partial charge on any atom is 0.0905 e. The van der Waals surface area contributed by atoms with Gasteiger partial charge in [-0.25, -0.2) is 0 Å². The van der Waals surface area contributed by atoms with Gasteiger partial charge >= 0.3 is 0 Å². The Morgan fingerprint density at radius 1 is 1.15 bits per heavy atom. The van der Waals surface area contributed by atoms with Gasteiger partial charge in [-0.1, -0.05) is 49.6 Å².